The lowest BCUT2D eigenvalue weighted by Crippen LogP contribution is -2.16. The standard InChI is InChI=1S/C13H15BrN2S/c1-16(8-10-4-5-17-9-10)12-3-2-11(7-15)13(14)6-12/h2-6,9H,7-8,15H2,1H3. The highest BCUT2D eigenvalue weighted by Crippen LogP contribution is 2.24. The Bertz CT molecular complexity index is 482. The third kappa shape index (κ3) is 3.09. The monoisotopic (exact) mass is 310 g/mol. The molecule has 0 unspecified atom stereocenters. The van der Waals surface area contributed by atoms with Crippen LogP contribution in [0.1, 0.15) is 11.1 Å². The van der Waals surface area contributed by atoms with Gasteiger partial charge in [-0.3, -0.25) is 0 Å². The molecule has 0 atom stereocenters. The van der Waals surface area contributed by atoms with Crippen molar-refractivity contribution in [2.24, 2.45) is 5.73 Å². The lowest BCUT2D eigenvalue weighted by Gasteiger charge is -2.19. The van der Waals surface area contributed by atoms with E-state index >= 15 is 0 Å². The number of halogens is 1. The summed E-state index contributed by atoms with van der Waals surface area (Å²) in [6.07, 6.45) is 0. The second-order valence-electron chi connectivity index (χ2n) is 3.97. The summed E-state index contributed by atoms with van der Waals surface area (Å²) in [5.74, 6) is 0. The van der Waals surface area contributed by atoms with Crippen LogP contribution in [0.4, 0.5) is 5.69 Å². The molecule has 0 amide bonds. The molecular weight excluding hydrogens is 296 g/mol. The number of rotatable bonds is 4. The lowest BCUT2D eigenvalue weighted by atomic mass is 10.2. The van der Waals surface area contributed by atoms with Gasteiger partial charge in [0.25, 0.3) is 0 Å². The number of nitrogens with zero attached hydrogens (tertiary/aromatic N) is 1. The molecule has 0 aliphatic heterocycles. The largest absolute Gasteiger partial charge is 0.370 e. The van der Waals surface area contributed by atoms with E-state index in [0.29, 0.717) is 6.54 Å². The Morgan fingerprint density at radius 3 is 2.76 bits per heavy atom. The molecule has 0 saturated carbocycles. The molecule has 2 nitrogen and oxygen atoms in total. The van der Waals surface area contributed by atoms with Gasteiger partial charge in [0.1, 0.15) is 0 Å². The Labute approximate surface area is 114 Å². The molecule has 17 heavy (non-hydrogen) atoms. The van der Waals surface area contributed by atoms with Crippen molar-refractivity contribution in [1.82, 2.24) is 0 Å². The summed E-state index contributed by atoms with van der Waals surface area (Å²) in [6, 6.07) is 8.46. The van der Waals surface area contributed by atoms with Crippen molar-refractivity contribution in [3.8, 4) is 0 Å². The Balaban J connectivity index is 2.14. The molecule has 0 radical (unpaired) electrons. The highest BCUT2D eigenvalue weighted by Gasteiger charge is 2.05. The summed E-state index contributed by atoms with van der Waals surface area (Å²) >= 11 is 5.28. The predicted molar refractivity (Wildman–Crippen MR) is 78.5 cm³/mol. The van der Waals surface area contributed by atoms with Gasteiger partial charge in [0.2, 0.25) is 0 Å². The van der Waals surface area contributed by atoms with Gasteiger partial charge in [-0.15, -0.1) is 0 Å². The van der Waals surface area contributed by atoms with Gasteiger partial charge in [0.15, 0.2) is 0 Å². The predicted octanol–water partition coefficient (Wildman–Crippen LogP) is 3.61. The minimum absolute atomic E-state index is 0.565. The van der Waals surface area contributed by atoms with E-state index in [2.05, 4.69) is 62.9 Å². The zero-order valence-electron chi connectivity index (χ0n) is 9.69. The average Bonchev–Trinajstić information content (AvgIpc) is 2.81. The van der Waals surface area contributed by atoms with E-state index < -0.39 is 0 Å². The molecule has 4 heteroatoms. The van der Waals surface area contributed by atoms with E-state index in [1.807, 2.05) is 0 Å². The van der Waals surface area contributed by atoms with E-state index in [-0.39, 0.29) is 0 Å². The third-order valence-electron chi connectivity index (χ3n) is 2.70. The van der Waals surface area contributed by atoms with E-state index in [4.69, 9.17) is 5.73 Å². The van der Waals surface area contributed by atoms with Crippen LogP contribution < -0.4 is 10.6 Å². The van der Waals surface area contributed by atoms with Crippen LogP contribution in [0.2, 0.25) is 0 Å². The molecule has 90 valence electrons. The Hall–Kier alpha value is -0.840. The Kier molecular flexibility index (Phi) is 4.20. The minimum Gasteiger partial charge on any atom is -0.370 e. The summed E-state index contributed by atoms with van der Waals surface area (Å²) in [5.41, 5.74) is 9.32. The highest BCUT2D eigenvalue weighted by atomic mass is 79.9. The first kappa shape index (κ1) is 12.6. The van der Waals surface area contributed by atoms with Gasteiger partial charge in [-0.05, 0) is 40.1 Å². The molecular formula is C13H15BrN2S. The maximum Gasteiger partial charge on any atom is 0.0434 e. The van der Waals surface area contributed by atoms with Gasteiger partial charge >= 0.3 is 0 Å². The maximum absolute atomic E-state index is 5.64. The average molecular weight is 311 g/mol. The molecule has 1 heterocycles. The molecule has 0 aliphatic rings. The van der Waals surface area contributed by atoms with Crippen molar-refractivity contribution in [2.45, 2.75) is 13.1 Å². The summed E-state index contributed by atoms with van der Waals surface area (Å²) in [4.78, 5) is 2.23. The highest BCUT2D eigenvalue weighted by molar-refractivity contribution is 9.10. The summed E-state index contributed by atoms with van der Waals surface area (Å²) in [6.45, 7) is 1.49. The molecule has 0 spiro atoms. The smallest absolute Gasteiger partial charge is 0.0434 e. The lowest BCUT2D eigenvalue weighted by molar-refractivity contribution is 0.924. The van der Waals surface area contributed by atoms with Crippen molar-refractivity contribution in [2.75, 3.05) is 11.9 Å². The zero-order chi connectivity index (χ0) is 12.3. The molecule has 1 aromatic carbocycles. The quantitative estimate of drug-likeness (QED) is 0.935. The fourth-order valence-corrected chi connectivity index (χ4v) is 2.88. The molecule has 1 aromatic heterocycles. The van der Waals surface area contributed by atoms with Gasteiger partial charge in [0, 0.05) is 30.3 Å². The molecule has 2 N–H and O–H groups in total. The SMILES string of the molecule is CN(Cc1ccsc1)c1ccc(CN)c(Br)c1. The van der Waals surface area contributed by atoms with Crippen molar-refractivity contribution >= 4 is 33.0 Å². The number of thiophene rings is 1. The van der Waals surface area contributed by atoms with E-state index in [1.165, 1.54) is 11.3 Å². The van der Waals surface area contributed by atoms with Crippen molar-refractivity contribution in [3.05, 3.63) is 50.6 Å². The first-order valence-corrected chi connectivity index (χ1v) is 7.15. The van der Waals surface area contributed by atoms with E-state index in [0.717, 1.165) is 16.6 Å². The number of nitrogens with two attached hydrogens (primary N) is 1. The molecule has 2 rings (SSSR count). The second kappa shape index (κ2) is 5.67. The van der Waals surface area contributed by atoms with E-state index in [9.17, 15) is 0 Å². The first-order valence-electron chi connectivity index (χ1n) is 5.41. The van der Waals surface area contributed by atoms with Crippen LogP contribution in [0.3, 0.4) is 0 Å². The van der Waals surface area contributed by atoms with E-state index in [1.54, 1.807) is 11.3 Å². The van der Waals surface area contributed by atoms with Gasteiger partial charge in [0.05, 0.1) is 0 Å². The minimum atomic E-state index is 0.565. The number of benzene rings is 1. The molecule has 0 saturated heterocycles. The topological polar surface area (TPSA) is 29.3 Å². The van der Waals surface area contributed by atoms with Gasteiger partial charge < -0.3 is 10.6 Å². The Morgan fingerprint density at radius 2 is 2.18 bits per heavy atom. The number of hydrogen-bond donors (Lipinski definition) is 1. The zero-order valence-corrected chi connectivity index (χ0v) is 12.1. The molecule has 0 bridgehead atoms. The fourth-order valence-electron chi connectivity index (χ4n) is 1.69. The van der Waals surface area contributed by atoms with Crippen LogP contribution in [0.5, 0.6) is 0 Å². The summed E-state index contributed by atoms with van der Waals surface area (Å²) < 4.78 is 1.08. The van der Waals surface area contributed by atoms with Gasteiger partial charge in [-0.2, -0.15) is 11.3 Å². The van der Waals surface area contributed by atoms with Crippen LogP contribution in [-0.2, 0) is 13.1 Å². The number of hydrogen-bond acceptors (Lipinski definition) is 3. The van der Waals surface area contributed by atoms with Crippen LogP contribution in [0.25, 0.3) is 0 Å². The summed E-state index contributed by atoms with van der Waals surface area (Å²) in [5, 5.41) is 4.29. The van der Waals surface area contributed by atoms with Crippen LogP contribution in [0, 0.1) is 0 Å². The van der Waals surface area contributed by atoms with Crippen LogP contribution in [0.15, 0.2) is 39.5 Å². The van der Waals surface area contributed by atoms with Crippen molar-refractivity contribution in [1.29, 1.82) is 0 Å². The first-order chi connectivity index (χ1) is 8.20. The van der Waals surface area contributed by atoms with Crippen molar-refractivity contribution < 1.29 is 0 Å². The van der Waals surface area contributed by atoms with Gasteiger partial charge in [-0.25, -0.2) is 0 Å². The maximum atomic E-state index is 5.64. The second-order valence-corrected chi connectivity index (χ2v) is 5.60. The third-order valence-corrected chi connectivity index (χ3v) is 4.17. The summed E-state index contributed by atoms with van der Waals surface area (Å²) in [7, 11) is 2.10. The normalized spacial score (nSPS) is 10.5. The molecule has 0 fully saturated rings. The Morgan fingerprint density at radius 1 is 1.35 bits per heavy atom. The molecule has 2 aromatic rings. The van der Waals surface area contributed by atoms with Crippen LogP contribution >= 0.6 is 27.3 Å². The fraction of sp³-hybridized carbons (Fsp3) is 0.231. The van der Waals surface area contributed by atoms with Crippen LogP contribution in [-0.4, -0.2) is 7.05 Å². The number of anilines is 1. The van der Waals surface area contributed by atoms with Crippen molar-refractivity contribution in [3.63, 3.8) is 0 Å². The van der Waals surface area contributed by atoms with Gasteiger partial charge in [-0.1, -0.05) is 22.0 Å². The molecule has 0 aliphatic carbocycles.